The highest BCUT2D eigenvalue weighted by Crippen LogP contribution is 2.19. The molecule has 0 fully saturated rings. The van der Waals surface area contributed by atoms with Gasteiger partial charge in [-0.05, 0) is 28.8 Å². The molecule has 0 unspecified atom stereocenters. The minimum Gasteiger partial charge on any atom is -0.273 e. The third kappa shape index (κ3) is 3.62. The van der Waals surface area contributed by atoms with Gasteiger partial charge in [0.25, 0.3) is 5.56 Å². The Labute approximate surface area is 155 Å². The Morgan fingerprint density at radius 3 is 2.30 bits per heavy atom. The van der Waals surface area contributed by atoms with Crippen molar-refractivity contribution in [3.63, 3.8) is 0 Å². The monoisotopic (exact) mass is 355 g/mol. The maximum Gasteiger partial charge on any atom is 0.280 e. The number of nitrogens with zero attached hydrogens (tertiary/aromatic N) is 2. The van der Waals surface area contributed by atoms with Crippen molar-refractivity contribution in [3.8, 4) is 11.1 Å². The van der Waals surface area contributed by atoms with Gasteiger partial charge in [0, 0.05) is 0 Å². The molecule has 4 rings (SSSR count). The van der Waals surface area contributed by atoms with E-state index in [4.69, 9.17) is 0 Å². The van der Waals surface area contributed by atoms with E-state index in [9.17, 15) is 9.59 Å². The molecular weight excluding hydrogens is 338 g/mol. The Morgan fingerprint density at radius 1 is 0.852 bits per heavy atom. The molecule has 0 saturated heterocycles. The number of fused-ring (bicyclic) bond motifs is 1. The molecule has 1 aromatic heterocycles. The predicted octanol–water partition coefficient (Wildman–Crippen LogP) is 3.38. The Hall–Kier alpha value is -3.73. The number of amides is 1. The number of carbonyl (C=O) groups is 1. The largest absolute Gasteiger partial charge is 0.280 e. The SMILES string of the molecule is O=C(Cc1ccc(-c2ccccc2)cc1)Nn1cnc2ccccc2c1=O. The van der Waals surface area contributed by atoms with Gasteiger partial charge >= 0.3 is 0 Å². The number of hydrogen-bond donors (Lipinski definition) is 1. The van der Waals surface area contributed by atoms with E-state index in [0.29, 0.717) is 10.9 Å². The molecule has 1 heterocycles. The molecule has 3 aromatic carbocycles. The van der Waals surface area contributed by atoms with Crippen LogP contribution in [-0.4, -0.2) is 15.6 Å². The van der Waals surface area contributed by atoms with Gasteiger partial charge in [0.15, 0.2) is 0 Å². The highest BCUT2D eigenvalue weighted by molar-refractivity contribution is 5.86. The first-order chi connectivity index (χ1) is 13.2. The molecule has 0 saturated carbocycles. The summed E-state index contributed by atoms with van der Waals surface area (Å²) in [5, 5.41) is 0.465. The summed E-state index contributed by atoms with van der Waals surface area (Å²) in [5.41, 5.74) is 5.99. The van der Waals surface area contributed by atoms with Gasteiger partial charge in [-0.15, -0.1) is 0 Å². The summed E-state index contributed by atoms with van der Waals surface area (Å²) in [5.74, 6) is -0.276. The number of carbonyl (C=O) groups excluding carboxylic acids is 1. The van der Waals surface area contributed by atoms with Gasteiger partial charge in [-0.3, -0.25) is 15.0 Å². The van der Waals surface area contributed by atoms with E-state index < -0.39 is 0 Å². The van der Waals surface area contributed by atoms with E-state index in [1.165, 1.54) is 6.33 Å². The van der Waals surface area contributed by atoms with E-state index in [1.54, 1.807) is 18.2 Å². The first-order valence-electron chi connectivity index (χ1n) is 8.61. The lowest BCUT2D eigenvalue weighted by atomic mass is 10.0. The zero-order valence-corrected chi connectivity index (χ0v) is 14.5. The van der Waals surface area contributed by atoms with E-state index in [0.717, 1.165) is 21.4 Å². The summed E-state index contributed by atoms with van der Waals surface area (Å²) in [4.78, 5) is 28.9. The zero-order valence-electron chi connectivity index (χ0n) is 14.5. The van der Waals surface area contributed by atoms with Gasteiger partial charge in [-0.2, -0.15) is 0 Å². The van der Waals surface area contributed by atoms with Crippen LogP contribution in [0.2, 0.25) is 0 Å². The average molecular weight is 355 g/mol. The predicted molar refractivity (Wildman–Crippen MR) is 106 cm³/mol. The van der Waals surface area contributed by atoms with Crippen LogP contribution in [0.25, 0.3) is 22.0 Å². The minimum atomic E-state index is -0.298. The lowest BCUT2D eigenvalue weighted by Crippen LogP contribution is -2.34. The Balaban J connectivity index is 1.48. The van der Waals surface area contributed by atoms with Crippen LogP contribution in [-0.2, 0) is 11.2 Å². The minimum absolute atomic E-state index is 0.175. The molecule has 0 spiro atoms. The van der Waals surface area contributed by atoms with Gasteiger partial charge in [-0.25, -0.2) is 9.66 Å². The highest BCUT2D eigenvalue weighted by atomic mass is 16.2. The molecule has 0 aliphatic carbocycles. The van der Waals surface area contributed by atoms with Gasteiger partial charge in [-0.1, -0.05) is 66.7 Å². The van der Waals surface area contributed by atoms with Crippen molar-refractivity contribution in [3.05, 3.63) is 101 Å². The van der Waals surface area contributed by atoms with Crippen LogP contribution in [0.1, 0.15) is 5.56 Å². The molecule has 0 radical (unpaired) electrons. The molecule has 27 heavy (non-hydrogen) atoms. The van der Waals surface area contributed by atoms with E-state index in [2.05, 4.69) is 10.4 Å². The maximum absolute atomic E-state index is 12.4. The van der Waals surface area contributed by atoms with Gasteiger partial charge in [0.1, 0.15) is 6.33 Å². The van der Waals surface area contributed by atoms with Crippen molar-refractivity contribution in [2.75, 3.05) is 5.43 Å². The van der Waals surface area contributed by atoms with Crippen LogP contribution in [0.15, 0.2) is 90.0 Å². The highest BCUT2D eigenvalue weighted by Gasteiger charge is 2.08. The summed E-state index contributed by atoms with van der Waals surface area (Å²) in [6, 6.07) is 24.9. The van der Waals surface area contributed by atoms with E-state index in [-0.39, 0.29) is 17.9 Å². The van der Waals surface area contributed by atoms with Crippen LogP contribution in [0, 0.1) is 0 Å². The van der Waals surface area contributed by atoms with Gasteiger partial charge < -0.3 is 0 Å². The first kappa shape index (κ1) is 16.7. The molecular formula is C22H17N3O2. The molecule has 0 aliphatic heterocycles. The molecule has 132 valence electrons. The summed E-state index contributed by atoms with van der Waals surface area (Å²) in [7, 11) is 0. The fourth-order valence-electron chi connectivity index (χ4n) is 2.95. The Morgan fingerprint density at radius 2 is 1.52 bits per heavy atom. The van der Waals surface area contributed by atoms with Crippen LogP contribution in [0.3, 0.4) is 0 Å². The Kier molecular flexibility index (Phi) is 4.49. The smallest absolute Gasteiger partial charge is 0.273 e. The van der Waals surface area contributed by atoms with Crippen molar-refractivity contribution < 1.29 is 4.79 Å². The number of hydrogen-bond acceptors (Lipinski definition) is 3. The second kappa shape index (κ2) is 7.25. The molecule has 1 N–H and O–H groups in total. The summed E-state index contributed by atoms with van der Waals surface area (Å²) < 4.78 is 1.13. The molecule has 5 nitrogen and oxygen atoms in total. The van der Waals surface area contributed by atoms with Gasteiger partial charge in [0.2, 0.25) is 5.91 Å². The summed E-state index contributed by atoms with van der Waals surface area (Å²) in [6.07, 6.45) is 1.51. The van der Waals surface area contributed by atoms with Crippen LogP contribution < -0.4 is 11.0 Å². The van der Waals surface area contributed by atoms with Gasteiger partial charge in [0.05, 0.1) is 17.3 Å². The first-order valence-corrected chi connectivity index (χ1v) is 8.61. The third-order valence-corrected chi connectivity index (χ3v) is 4.34. The third-order valence-electron chi connectivity index (χ3n) is 4.34. The molecule has 0 atom stereocenters. The average Bonchev–Trinajstić information content (AvgIpc) is 2.71. The zero-order chi connectivity index (χ0) is 18.6. The van der Waals surface area contributed by atoms with Crippen molar-refractivity contribution >= 4 is 16.8 Å². The van der Waals surface area contributed by atoms with Crippen LogP contribution in [0.4, 0.5) is 0 Å². The molecule has 0 aliphatic rings. The lowest BCUT2D eigenvalue weighted by Gasteiger charge is -2.09. The van der Waals surface area contributed by atoms with E-state index >= 15 is 0 Å². The number of rotatable bonds is 4. The Bertz CT molecular complexity index is 1150. The topological polar surface area (TPSA) is 64.0 Å². The lowest BCUT2D eigenvalue weighted by molar-refractivity contribution is -0.116. The normalized spacial score (nSPS) is 10.7. The fraction of sp³-hybridized carbons (Fsp3) is 0.0455. The quantitative estimate of drug-likeness (QED) is 0.610. The summed E-state index contributed by atoms with van der Waals surface area (Å²) >= 11 is 0. The van der Waals surface area contributed by atoms with E-state index in [1.807, 2.05) is 60.7 Å². The second-order valence-corrected chi connectivity index (χ2v) is 6.21. The number of para-hydroxylation sites is 1. The standard InChI is InChI=1S/C22H17N3O2/c26-21(24-25-15-23-20-9-5-4-8-19(20)22(25)27)14-16-10-12-18(13-11-16)17-6-2-1-3-7-17/h1-13,15H,14H2,(H,24,26). The second-order valence-electron chi connectivity index (χ2n) is 6.21. The molecule has 4 aromatic rings. The van der Waals surface area contributed by atoms with Crippen molar-refractivity contribution in [1.29, 1.82) is 0 Å². The number of nitrogens with one attached hydrogen (secondary N) is 1. The molecule has 5 heteroatoms. The van der Waals surface area contributed by atoms with Crippen molar-refractivity contribution in [2.45, 2.75) is 6.42 Å². The van der Waals surface area contributed by atoms with Crippen LogP contribution >= 0.6 is 0 Å². The van der Waals surface area contributed by atoms with Crippen LogP contribution in [0.5, 0.6) is 0 Å². The molecule has 1 amide bonds. The summed E-state index contributed by atoms with van der Waals surface area (Å²) in [6.45, 7) is 0. The fourth-order valence-corrected chi connectivity index (χ4v) is 2.95. The number of aromatic nitrogens is 2. The molecule has 0 bridgehead atoms. The van der Waals surface area contributed by atoms with Crippen molar-refractivity contribution in [2.24, 2.45) is 0 Å². The van der Waals surface area contributed by atoms with Crippen molar-refractivity contribution in [1.82, 2.24) is 9.66 Å². The number of benzene rings is 3. The maximum atomic E-state index is 12.4.